The first-order valence-corrected chi connectivity index (χ1v) is 15.4. The van der Waals surface area contributed by atoms with Gasteiger partial charge < -0.3 is 30.5 Å². The van der Waals surface area contributed by atoms with Crippen LogP contribution in [0.1, 0.15) is 56.1 Å². The molecule has 0 bridgehead atoms. The summed E-state index contributed by atoms with van der Waals surface area (Å²) in [4.78, 5) is 51.8. The highest BCUT2D eigenvalue weighted by Gasteiger charge is 2.39. The van der Waals surface area contributed by atoms with Gasteiger partial charge in [-0.1, -0.05) is 85.7 Å². The number of aliphatic hydroxyl groups excluding tert-OH is 1. The summed E-state index contributed by atoms with van der Waals surface area (Å²) in [7, 11) is 0. The average molecular weight is 620 g/mol. The Bertz CT molecular complexity index is 1260. The van der Waals surface area contributed by atoms with Gasteiger partial charge in [0.25, 0.3) is 0 Å². The normalized spacial score (nSPS) is 15.5. The Kier molecular flexibility index (Phi) is 14.3. The molecule has 45 heavy (non-hydrogen) atoms. The monoisotopic (exact) mass is 619 g/mol. The molecule has 3 atom stereocenters. The van der Waals surface area contributed by atoms with Gasteiger partial charge in [-0.3, -0.25) is 9.59 Å². The number of nitrogens with one attached hydrogen (secondary N) is 3. The summed E-state index contributed by atoms with van der Waals surface area (Å²) in [5.41, 5.74) is 0.988. The molecule has 0 spiro atoms. The van der Waals surface area contributed by atoms with Crippen LogP contribution in [-0.2, 0) is 36.9 Å². The van der Waals surface area contributed by atoms with Crippen molar-refractivity contribution in [1.29, 1.82) is 0 Å². The minimum absolute atomic E-state index is 0.0508. The topological polar surface area (TPSA) is 143 Å². The summed E-state index contributed by atoms with van der Waals surface area (Å²) in [6, 6.07) is 17.2. The molecule has 242 valence electrons. The molecule has 10 heteroatoms. The Balaban J connectivity index is 1.56. The van der Waals surface area contributed by atoms with E-state index in [1.807, 2.05) is 60.7 Å². The first-order chi connectivity index (χ1) is 21.8. The summed E-state index contributed by atoms with van der Waals surface area (Å²) < 4.78 is 10.9. The lowest BCUT2D eigenvalue weighted by Gasteiger charge is -2.32. The summed E-state index contributed by atoms with van der Waals surface area (Å²) >= 11 is 0. The van der Waals surface area contributed by atoms with Crippen LogP contribution in [0.2, 0.25) is 0 Å². The van der Waals surface area contributed by atoms with Gasteiger partial charge in [0, 0.05) is 6.42 Å². The molecule has 0 aliphatic heterocycles. The standard InChI is InChI=1S/C35H45N3O7/c1-3-13-28(22-31(40)36-29(23-39)21-26-15-7-5-8-16-26)32(41)38-35(19-11-12-20-35)25-45-33(42)30(14-4-2)37-34(43)44-24-27-17-9-6-10-18-27/h3-10,15-18,28-30,39H,1-2,11-14,19-25H2,(H,36,40)(H,37,43)(H,38,41)/t28-,29+,30-/m1/s1. The molecular weight excluding hydrogens is 574 g/mol. The molecule has 0 radical (unpaired) electrons. The average Bonchev–Trinajstić information content (AvgIpc) is 3.51. The van der Waals surface area contributed by atoms with E-state index in [1.54, 1.807) is 6.08 Å². The van der Waals surface area contributed by atoms with E-state index in [0.717, 1.165) is 24.0 Å². The van der Waals surface area contributed by atoms with E-state index in [9.17, 15) is 24.3 Å². The predicted octanol–water partition coefficient (Wildman–Crippen LogP) is 4.13. The van der Waals surface area contributed by atoms with Crippen LogP contribution in [0.5, 0.6) is 0 Å². The van der Waals surface area contributed by atoms with Crippen molar-refractivity contribution in [3.8, 4) is 0 Å². The molecule has 10 nitrogen and oxygen atoms in total. The number of esters is 1. The van der Waals surface area contributed by atoms with Gasteiger partial charge in [0.2, 0.25) is 11.8 Å². The van der Waals surface area contributed by atoms with E-state index in [-0.39, 0.29) is 50.9 Å². The molecule has 1 aliphatic carbocycles. The molecule has 1 fully saturated rings. The van der Waals surface area contributed by atoms with E-state index in [0.29, 0.717) is 19.3 Å². The molecule has 4 N–H and O–H groups in total. The Labute approximate surface area is 265 Å². The smallest absolute Gasteiger partial charge is 0.408 e. The zero-order valence-electron chi connectivity index (χ0n) is 25.7. The first-order valence-electron chi connectivity index (χ1n) is 15.4. The lowest BCUT2D eigenvalue weighted by Crippen LogP contribution is -2.53. The molecule has 1 aliphatic rings. The highest BCUT2D eigenvalue weighted by molar-refractivity contribution is 5.86. The van der Waals surface area contributed by atoms with Gasteiger partial charge in [-0.25, -0.2) is 9.59 Å². The number of hydrogen-bond donors (Lipinski definition) is 4. The lowest BCUT2D eigenvalue weighted by molar-refractivity contribution is -0.149. The number of ether oxygens (including phenoxy) is 2. The van der Waals surface area contributed by atoms with Crippen LogP contribution < -0.4 is 16.0 Å². The van der Waals surface area contributed by atoms with Crippen LogP contribution in [0.25, 0.3) is 0 Å². The lowest BCUT2D eigenvalue weighted by atomic mass is 9.94. The third kappa shape index (κ3) is 11.9. The van der Waals surface area contributed by atoms with E-state index < -0.39 is 35.6 Å². The van der Waals surface area contributed by atoms with Crippen LogP contribution in [0.15, 0.2) is 86.0 Å². The fourth-order valence-corrected chi connectivity index (χ4v) is 5.37. The highest BCUT2D eigenvalue weighted by atomic mass is 16.6. The SMILES string of the molecule is C=CC[C@H](CC(=O)N[C@H](CO)Cc1ccccc1)C(=O)NC1(COC(=O)[C@@H](CC=C)NC(=O)OCc2ccccc2)CCCC1. The second-order valence-electron chi connectivity index (χ2n) is 11.4. The number of amides is 3. The maximum atomic E-state index is 13.5. The van der Waals surface area contributed by atoms with Gasteiger partial charge in [0.15, 0.2) is 0 Å². The maximum absolute atomic E-state index is 13.5. The third-order valence-corrected chi connectivity index (χ3v) is 7.80. The first kappa shape index (κ1) is 35.0. The molecule has 2 aromatic rings. The maximum Gasteiger partial charge on any atom is 0.408 e. The summed E-state index contributed by atoms with van der Waals surface area (Å²) in [5.74, 6) is -2.04. The second kappa shape index (κ2) is 18.4. The number of benzene rings is 2. The van der Waals surface area contributed by atoms with E-state index in [1.165, 1.54) is 6.08 Å². The zero-order chi connectivity index (χ0) is 32.5. The summed E-state index contributed by atoms with van der Waals surface area (Å²) in [6.07, 6.45) is 5.98. The van der Waals surface area contributed by atoms with Gasteiger partial charge in [0.1, 0.15) is 19.3 Å². The van der Waals surface area contributed by atoms with Crippen molar-refractivity contribution < 1.29 is 33.8 Å². The number of alkyl carbamates (subject to hydrolysis) is 1. The number of hydrogen-bond acceptors (Lipinski definition) is 7. The minimum atomic E-state index is -1.01. The summed E-state index contributed by atoms with van der Waals surface area (Å²) in [5, 5.41) is 18.3. The molecule has 0 saturated heterocycles. The molecule has 0 unspecified atom stereocenters. The van der Waals surface area contributed by atoms with E-state index >= 15 is 0 Å². The molecule has 3 rings (SSSR count). The van der Waals surface area contributed by atoms with E-state index in [2.05, 4.69) is 29.1 Å². The number of carbonyl (C=O) groups excluding carboxylic acids is 4. The number of rotatable bonds is 18. The van der Waals surface area contributed by atoms with Gasteiger partial charge >= 0.3 is 12.1 Å². The Morgan fingerprint density at radius 3 is 2.09 bits per heavy atom. The van der Waals surface area contributed by atoms with Crippen LogP contribution >= 0.6 is 0 Å². The predicted molar refractivity (Wildman–Crippen MR) is 171 cm³/mol. The fraction of sp³-hybridized carbons (Fsp3) is 0.429. The van der Waals surface area contributed by atoms with Crippen molar-refractivity contribution in [3.63, 3.8) is 0 Å². The second-order valence-corrected chi connectivity index (χ2v) is 11.4. The quantitative estimate of drug-likeness (QED) is 0.145. The van der Waals surface area contributed by atoms with Crippen LogP contribution in [0.4, 0.5) is 4.79 Å². The molecule has 0 aromatic heterocycles. The van der Waals surface area contributed by atoms with Crippen molar-refractivity contribution in [1.82, 2.24) is 16.0 Å². The van der Waals surface area contributed by atoms with Crippen molar-refractivity contribution in [2.45, 2.75) is 75.6 Å². The number of carbonyl (C=O) groups is 4. The molecule has 2 aromatic carbocycles. The van der Waals surface area contributed by atoms with Gasteiger partial charge in [-0.05, 0) is 43.2 Å². The van der Waals surface area contributed by atoms with Crippen molar-refractivity contribution >= 4 is 23.9 Å². The molecule has 1 saturated carbocycles. The van der Waals surface area contributed by atoms with Crippen molar-refractivity contribution in [3.05, 3.63) is 97.1 Å². The van der Waals surface area contributed by atoms with Crippen LogP contribution in [0, 0.1) is 5.92 Å². The number of allylic oxidation sites excluding steroid dienone is 1. The van der Waals surface area contributed by atoms with Gasteiger partial charge in [0.05, 0.1) is 24.1 Å². The molecular formula is C35H45N3O7. The highest BCUT2D eigenvalue weighted by Crippen LogP contribution is 2.31. The molecule has 3 amide bonds. The number of aliphatic hydroxyl groups is 1. The third-order valence-electron chi connectivity index (χ3n) is 7.80. The minimum Gasteiger partial charge on any atom is -0.462 e. The van der Waals surface area contributed by atoms with Crippen molar-refractivity contribution in [2.75, 3.05) is 13.2 Å². The van der Waals surface area contributed by atoms with Gasteiger partial charge in [-0.15, -0.1) is 13.2 Å². The van der Waals surface area contributed by atoms with E-state index in [4.69, 9.17) is 9.47 Å². The Morgan fingerprint density at radius 1 is 0.867 bits per heavy atom. The Morgan fingerprint density at radius 2 is 1.49 bits per heavy atom. The zero-order valence-corrected chi connectivity index (χ0v) is 25.7. The summed E-state index contributed by atoms with van der Waals surface area (Å²) in [6.45, 7) is 7.15. The van der Waals surface area contributed by atoms with Gasteiger partial charge in [-0.2, -0.15) is 0 Å². The largest absolute Gasteiger partial charge is 0.462 e. The van der Waals surface area contributed by atoms with Crippen molar-refractivity contribution in [2.24, 2.45) is 5.92 Å². The Hall–Kier alpha value is -4.44. The van der Waals surface area contributed by atoms with Crippen LogP contribution in [-0.4, -0.2) is 59.8 Å². The molecule has 0 heterocycles. The van der Waals surface area contributed by atoms with Crippen LogP contribution in [0.3, 0.4) is 0 Å². The fourth-order valence-electron chi connectivity index (χ4n) is 5.37.